The minimum absolute atomic E-state index is 0.272. The summed E-state index contributed by atoms with van der Waals surface area (Å²) < 4.78 is 6.23. The van der Waals surface area contributed by atoms with Crippen LogP contribution in [0.1, 0.15) is 64.2 Å². The Morgan fingerprint density at radius 3 is 2.23 bits per heavy atom. The second kappa shape index (κ2) is 9.27. The number of benzene rings is 1. The van der Waals surface area contributed by atoms with E-state index in [-0.39, 0.29) is 5.91 Å². The molecular formula is C25H37N3O2. The van der Waals surface area contributed by atoms with E-state index in [4.69, 9.17) is 4.74 Å². The van der Waals surface area contributed by atoms with Crippen molar-refractivity contribution in [3.63, 3.8) is 0 Å². The molecule has 1 aromatic rings. The first-order chi connectivity index (χ1) is 14.8. The van der Waals surface area contributed by atoms with Gasteiger partial charge in [0.05, 0.1) is 6.04 Å². The summed E-state index contributed by atoms with van der Waals surface area (Å²) in [4.78, 5) is 19.9. The number of anilines is 1. The summed E-state index contributed by atoms with van der Waals surface area (Å²) in [5.74, 6) is 1.22. The van der Waals surface area contributed by atoms with E-state index >= 15 is 0 Å². The van der Waals surface area contributed by atoms with E-state index in [0.29, 0.717) is 18.6 Å². The minimum Gasteiger partial charge on any atom is -0.490 e. The molecule has 3 heterocycles. The number of hydrogen-bond acceptors (Lipinski definition) is 4. The standard InChI is InChI=1S/C25H37N3O2/c29-25-12-9-21(19-26-13-3-1-4-14-26)28(25)20-7-10-23(11-8-20)30-24-17-22(18-24)27-15-5-2-6-16-27/h7-8,10-11,21-22,24H,1-6,9,12-19H2/t21-,22-,24-/m0/s1. The molecule has 4 aliphatic rings. The maximum atomic E-state index is 12.6. The summed E-state index contributed by atoms with van der Waals surface area (Å²) in [6, 6.07) is 9.34. The van der Waals surface area contributed by atoms with Gasteiger partial charge in [-0.3, -0.25) is 4.79 Å². The lowest BCUT2D eigenvalue weighted by molar-refractivity contribution is -0.117. The van der Waals surface area contributed by atoms with Gasteiger partial charge >= 0.3 is 0 Å². The fraction of sp³-hybridized carbons (Fsp3) is 0.720. The lowest BCUT2D eigenvalue weighted by Crippen LogP contribution is -2.50. The zero-order chi connectivity index (χ0) is 20.3. The fourth-order valence-corrected chi connectivity index (χ4v) is 5.80. The van der Waals surface area contributed by atoms with E-state index < -0.39 is 0 Å². The van der Waals surface area contributed by atoms with E-state index in [9.17, 15) is 4.79 Å². The number of carbonyl (C=O) groups excluding carboxylic acids is 1. The SMILES string of the molecule is O=C1CC[C@@H](CN2CCCCC2)N1c1ccc(O[C@H]2C[C@H](N3CCCCC3)C2)cc1. The summed E-state index contributed by atoms with van der Waals surface area (Å²) in [5, 5.41) is 0. The highest BCUT2D eigenvalue weighted by Gasteiger charge is 2.36. The first kappa shape index (κ1) is 20.3. The molecular weight excluding hydrogens is 374 g/mol. The molecule has 1 atom stereocenters. The summed E-state index contributed by atoms with van der Waals surface area (Å²) in [6.07, 6.45) is 12.4. The van der Waals surface area contributed by atoms with E-state index in [0.717, 1.165) is 43.3 Å². The number of nitrogens with zero attached hydrogens (tertiary/aromatic N) is 3. The Balaban J connectivity index is 1.15. The third-order valence-corrected chi connectivity index (χ3v) is 7.64. The van der Waals surface area contributed by atoms with Crippen LogP contribution in [-0.2, 0) is 4.79 Å². The first-order valence-corrected chi connectivity index (χ1v) is 12.3. The number of rotatable bonds is 6. The van der Waals surface area contributed by atoms with Gasteiger partial charge in [-0.1, -0.05) is 12.8 Å². The van der Waals surface area contributed by atoms with Crippen molar-refractivity contribution < 1.29 is 9.53 Å². The van der Waals surface area contributed by atoms with Crippen LogP contribution in [-0.4, -0.2) is 66.6 Å². The van der Waals surface area contributed by atoms with Gasteiger partial charge in [0, 0.05) is 37.5 Å². The largest absolute Gasteiger partial charge is 0.490 e. The summed E-state index contributed by atoms with van der Waals surface area (Å²) in [7, 11) is 0. The van der Waals surface area contributed by atoms with Gasteiger partial charge in [-0.2, -0.15) is 0 Å². The molecule has 0 bridgehead atoms. The van der Waals surface area contributed by atoms with Crippen LogP contribution in [0.25, 0.3) is 0 Å². The van der Waals surface area contributed by atoms with Crippen LogP contribution in [0.5, 0.6) is 5.75 Å². The van der Waals surface area contributed by atoms with Crippen molar-refractivity contribution in [1.29, 1.82) is 0 Å². The van der Waals surface area contributed by atoms with Crippen molar-refractivity contribution in [3.05, 3.63) is 24.3 Å². The molecule has 3 aliphatic heterocycles. The summed E-state index contributed by atoms with van der Waals surface area (Å²) in [5.41, 5.74) is 1.03. The fourth-order valence-electron chi connectivity index (χ4n) is 5.80. The van der Waals surface area contributed by atoms with Gasteiger partial charge in [0.1, 0.15) is 11.9 Å². The Morgan fingerprint density at radius 2 is 1.53 bits per heavy atom. The van der Waals surface area contributed by atoms with Gasteiger partial charge in [0.15, 0.2) is 0 Å². The van der Waals surface area contributed by atoms with Crippen molar-refractivity contribution >= 4 is 11.6 Å². The highest BCUT2D eigenvalue weighted by molar-refractivity contribution is 5.96. The van der Waals surface area contributed by atoms with Gasteiger partial charge in [-0.25, -0.2) is 0 Å². The van der Waals surface area contributed by atoms with Gasteiger partial charge in [-0.15, -0.1) is 0 Å². The molecule has 4 fully saturated rings. The Hall–Kier alpha value is -1.59. The molecule has 0 radical (unpaired) electrons. The molecule has 1 aromatic carbocycles. The summed E-state index contributed by atoms with van der Waals surface area (Å²) in [6.45, 7) is 5.93. The predicted octanol–water partition coefficient (Wildman–Crippen LogP) is 4.06. The highest BCUT2D eigenvalue weighted by atomic mass is 16.5. The third kappa shape index (κ3) is 4.52. The molecule has 3 saturated heterocycles. The smallest absolute Gasteiger partial charge is 0.227 e. The van der Waals surface area contributed by atoms with Crippen molar-refractivity contribution in [3.8, 4) is 5.75 Å². The van der Waals surface area contributed by atoms with E-state index in [1.54, 1.807) is 0 Å². The molecule has 0 aromatic heterocycles. The zero-order valence-electron chi connectivity index (χ0n) is 18.3. The van der Waals surface area contributed by atoms with Crippen LogP contribution in [0, 0.1) is 0 Å². The average molecular weight is 412 g/mol. The normalized spacial score (nSPS) is 31.0. The number of hydrogen-bond donors (Lipinski definition) is 0. The van der Waals surface area contributed by atoms with Gasteiger partial charge in [-0.05, 0) is 82.5 Å². The van der Waals surface area contributed by atoms with Crippen molar-refractivity contribution in [2.24, 2.45) is 0 Å². The number of carbonyl (C=O) groups is 1. The predicted molar refractivity (Wildman–Crippen MR) is 120 cm³/mol. The second-order valence-corrected chi connectivity index (χ2v) is 9.77. The molecule has 5 heteroatoms. The Kier molecular flexibility index (Phi) is 6.28. The second-order valence-electron chi connectivity index (χ2n) is 9.77. The van der Waals surface area contributed by atoms with Gasteiger partial charge < -0.3 is 19.4 Å². The third-order valence-electron chi connectivity index (χ3n) is 7.64. The molecule has 0 N–H and O–H groups in total. The maximum Gasteiger partial charge on any atom is 0.227 e. The molecule has 1 aliphatic carbocycles. The lowest BCUT2D eigenvalue weighted by Gasteiger charge is -2.44. The molecule has 0 spiro atoms. The number of piperidine rings is 2. The Labute approximate surface area is 181 Å². The summed E-state index contributed by atoms with van der Waals surface area (Å²) >= 11 is 0. The molecule has 5 rings (SSSR count). The first-order valence-electron chi connectivity index (χ1n) is 12.3. The van der Waals surface area contributed by atoms with E-state index in [2.05, 4.69) is 34.1 Å². The van der Waals surface area contributed by atoms with Crippen LogP contribution < -0.4 is 9.64 Å². The quantitative estimate of drug-likeness (QED) is 0.707. The average Bonchev–Trinajstić information content (AvgIpc) is 3.12. The van der Waals surface area contributed by atoms with Crippen LogP contribution in [0.4, 0.5) is 5.69 Å². The van der Waals surface area contributed by atoms with Gasteiger partial charge in [0.2, 0.25) is 5.91 Å². The minimum atomic E-state index is 0.272. The van der Waals surface area contributed by atoms with E-state index in [1.165, 1.54) is 64.7 Å². The molecule has 5 nitrogen and oxygen atoms in total. The molecule has 0 unspecified atom stereocenters. The zero-order valence-corrected chi connectivity index (χ0v) is 18.3. The number of likely N-dealkylation sites (tertiary alicyclic amines) is 2. The van der Waals surface area contributed by atoms with Crippen molar-refractivity contribution in [1.82, 2.24) is 9.80 Å². The van der Waals surface area contributed by atoms with Crippen molar-refractivity contribution in [2.75, 3.05) is 37.6 Å². The number of ether oxygens (including phenoxy) is 1. The van der Waals surface area contributed by atoms with Gasteiger partial charge in [0.25, 0.3) is 0 Å². The monoisotopic (exact) mass is 411 g/mol. The topological polar surface area (TPSA) is 36.0 Å². The Morgan fingerprint density at radius 1 is 0.867 bits per heavy atom. The van der Waals surface area contributed by atoms with E-state index in [1.807, 2.05) is 4.90 Å². The molecule has 30 heavy (non-hydrogen) atoms. The van der Waals surface area contributed by atoms with Crippen molar-refractivity contribution in [2.45, 2.75) is 82.4 Å². The Bertz CT molecular complexity index is 704. The van der Waals surface area contributed by atoms with Crippen LogP contribution in [0.3, 0.4) is 0 Å². The molecule has 1 saturated carbocycles. The lowest BCUT2D eigenvalue weighted by atomic mass is 9.86. The van der Waals surface area contributed by atoms with Crippen LogP contribution in [0.2, 0.25) is 0 Å². The maximum absolute atomic E-state index is 12.6. The highest BCUT2D eigenvalue weighted by Crippen LogP contribution is 2.33. The number of amides is 1. The molecule has 164 valence electrons. The van der Waals surface area contributed by atoms with Crippen LogP contribution >= 0.6 is 0 Å². The van der Waals surface area contributed by atoms with Crippen LogP contribution in [0.15, 0.2) is 24.3 Å². The molecule has 1 amide bonds.